The number of hydrogen-bond donors (Lipinski definition) is 3. The predicted octanol–water partition coefficient (Wildman–Crippen LogP) is 12.8. The number of unbranched alkanes of at least 4 members (excludes halogenated alkanes) is 29. The molecular formula is C45H92N2O6P+. The lowest BCUT2D eigenvalue weighted by Crippen LogP contribution is -2.45. The van der Waals surface area contributed by atoms with Crippen LogP contribution in [-0.4, -0.2) is 73.4 Å². The molecule has 0 saturated heterocycles. The number of aliphatic hydroxyl groups is 1. The van der Waals surface area contributed by atoms with E-state index in [4.69, 9.17) is 9.05 Å². The Morgan fingerprint density at radius 1 is 0.611 bits per heavy atom. The van der Waals surface area contributed by atoms with Crippen molar-refractivity contribution in [3.8, 4) is 0 Å². The number of rotatable bonds is 42. The molecule has 0 rings (SSSR count). The Hall–Kier alpha value is -0.760. The van der Waals surface area contributed by atoms with Crippen molar-refractivity contribution in [2.75, 3.05) is 40.9 Å². The van der Waals surface area contributed by atoms with Gasteiger partial charge in [-0.3, -0.25) is 13.8 Å². The minimum Gasteiger partial charge on any atom is -0.387 e. The third-order valence-electron chi connectivity index (χ3n) is 10.5. The predicted molar refractivity (Wildman–Crippen MR) is 231 cm³/mol. The Bertz CT molecular complexity index is 896. The number of phosphoric acid groups is 1. The van der Waals surface area contributed by atoms with Crippen molar-refractivity contribution in [3.05, 3.63) is 12.2 Å². The molecule has 0 aliphatic carbocycles. The third-order valence-corrected chi connectivity index (χ3v) is 11.5. The van der Waals surface area contributed by atoms with Gasteiger partial charge in [0.1, 0.15) is 13.2 Å². The quantitative estimate of drug-likeness (QED) is 0.0246. The summed E-state index contributed by atoms with van der Waals surface area (Å²) in [5.74, 6) is -0.179. The van der Waals surface area contributed by atoms with Crippen LogP contribution in [0, 0.1) is 0 Å². The number of amides is 1. The first-order chi connectivity index (χ1) is 26.0. The van der Waals surface area contributed by atoms with E-state index in [1.165, 1.54) is 167 Å². The van der Waals surface area contributed by atoms with E-state index in [2.05, 4.69) is 19.2 Å². The van der Waals surface area contributed by atoms with Gasteiger partial charge < -0.3 is 19.8 Å². The molecule has 0 fully saturated rings. The second-order valence-corrected chi connectivity index (χ2v) is 18.6. The van der Waals surface area contributed by atoms with Crippen LogP contribution < -0.4 is 5.32 Å². The third kappa shape index (κ3) is 39.5. The molecule has 3 atom stereocenters. The van der Waals surface area contributed by atoms with Crippen LogP contribution in [0.3, 0.4) is 0 Å². The van der Waals surface area contributed by atoms with Crippen molar-refractivity contribution in [1.29, 1.82) is 0 Å². The van der Waals surface area contributed by atoms with Crippen LogP contribution in [0.2, 0.25) is 0 Å². The van der Waals surface area contributed by atoms with Crippen LogP contribution in [0.25, 0.3) is 0 Å². The molecule has 0 aromatic rings. The Morgan fingerprint density at radius 2 is 0.981 bits per heavy atom. The molecule has 3 unspecified atom stereocenters. The molecule has 1 amide bonds. The number of carbonyl (C=O) groups excluding carboxylic acids is 1. The summed E-state index contributed by atoms with van der Waals surface area (Å²) in [6.07, 6.45) is 43.0. The molecule has 9 heteroatoms. The van der Waals surface area contributed by atoms with Crippen LogP contribution in [0.4, 0.5) is 0 Å². The minimum absolute atomic E-state index is 0.0644. The molecule has 0 aromatic carbocycles. The summed E-state index contributed by atoms with van der Waals surface area (Å²) in [6, 6.07) is -0.838. The van der Waals surface area contributed by atoms with Crippen molar-refractivity contribution >= 4 is 13.7 Å². The Balaban J connectivity index is 4.22. The van der Waals surface area contributed by atoms with Crippen molar-refractivity contribution in [3.63, 3.8) is 0 Å². The highest BCUT2D eigenvalue weighted by atomic mass is 31.2. The van der Waals surface area contributed by atoms with Crippen LogP contribution in [-0.2, 0) is 18.4 Å². The molecular weight excluding hydrogens is 695 g/mol. The number of likely N-dealkylation sites (N-methyl/N-ethyl adjacent to an activating group) is 1. The maximum atomic E-state index is 12.8. The second kappa shape index (κ2) is 37.8. The number of nitrogens with one attached hydrogen (secondary N) is 1. The topological polar surface area (TPSA) is 105 Å². The number of carbonyl (C=O) groups is 1. The van der Waals surface area contributed by atoms with E-state index in [0.29, 0.717) is 17.4 Å². The smallest absolute Gasteiger partial charge is 0.387 e. The number of nitrogens with zero attached hydrogens (tertiary/aromatic N) is 1. The summed E-state index contributed by atoms with van der Waals surface area (Å²) in [4.78, 5) is 23.0. The molecule has 54 heavy (non-hydrogen) atoms. The summed E-state index contributed by atoms with van der Waals surface area (Å²) < 4.78 is 23.5. The van der Waals surface area contributed by atoms with Crippen LogP contribution >= 0.6 is 7.82 Å². The molecule has 0 aliphatic rings. The molecule has 0 saturated carbocycles. The number of hydrogen-bond acceptors (Lipinski definition) is 5. The first-order valence-corrected chi connectivity index (χ1v) is 24.6. The van der Waals surface area contributed by atoms with Gasteiger partial charge in [-0.15, -0.1) is 0 Å². The van der Waals surface area contributed by atoms with E-state index in [1.807, 2.05) is 27.2 Å². The summed E-state index contributed by atoms with van der Waals surface area (Å²) in [5, 5.41) is 13.8. The van der Waals surface area contributed by atoms with E-state index in [9.17, 15) is 19.4 Å². The lowest BCUT2D eigenvalue weighted by molar-refractivity contribution is -0.870. The number of allylic oxidation sites excluding steroid dienone is 1. The van der Waals surface area contributed by atoms with Gasteiger partial charge >= 0.3 is 7.82 Å². The standard InChI is InChI=1S/C45H91N2O6P/c1-6-8-10-12-14-16-17-18-19-20-21-22-23-24-25-26-27-28-29-31-32-34-36-38-44(48)43(42-53-54(50,51)52-41-40-47(3,4)5)46-45(49)39-37-35-33-30-15-13-11-9-7-2/h36,38,43-44,48H,6-35,37,39-42H2,1-5H3,(H-,46,49,50,51)/p+1/b38-36+. The van der Waals surface area contributed by atoms with Gasteiger partial charge in [-0.05, 0) is 19.3 Å². The number of phosphoric ester groups is 1. The van der Waals surface area contributed by atoms with E-state index in [0.717, 1.165) is 32.1 Å². The van der Waals surface area contributed by atoms with Gasteiger partial charge in [-0.1, -0.05) is 206 Å². The van der Waals surface area contributed by atoms with E-state index < -0.39 is 20.0 Å². The van der Waals surface area contributed by atoms with Gasteiger partial charge in [0.15, 0.2) is 0 Å². The zero-order chi connectivity index (χ0) is 40.0. The van der Waals surface area contributed by atoms with E-state index in [-0.39, 0.29) is 19.1 Å². The lowest BCUT2D eigenvalue weighted by atomic mass is 10.0. The number of quaternary nitrogens is 1. The van der Waals surface area contributed by atoms with Gasteiger partial charge in [-0.2, -0.15) is 0 Å². The van der Waals surface area contributed by atoms with Gasteiger partial charge in [0.2, 0.25) is 5.91 Å². The molecule has 0 spiro atoms. The first kappa shape index (κ1) is 53.2. The average molecular weight is 788 g/mol. The molecule has 0 aromatic heterocycles. The van der Waals surface area contributed by atoms with E-state index >= 15 is 0 Å². The van der Waals surface area contributed by atoms with Gasteiger partial charge in [-0.25, -0.2) is 4.57 Å². The summed E-state index contributed by atoms with van der Waals surface area (Å²) in [6.45, 7) is 4.80. The molecule has 3 N–H and O–H groups in total. The largest absolute Gasteiger partial charge is 0.472 e. The Morgan fingerprint density at radius 3 is 1.37 bits per heavy atom. The second-order valence-electron chi connectivity index (χ2n) is 17.1. The fourth-order valence-electron chi connectivity index (χ4n) is 6.81. The van der Waals surface area contributed by atoms with Crippen LogP contribution in [0.5, 0.6) is 0 Å². The maximum Gasteiger partial charge on any atom is 0.472 e. The Kier molecular flexibility index (Phi) is 37.3. The molecule has 0 aliphatic heterocycles. The fourth-order valence-corrected chi connectivity index (χ4v) is 7.54. The van der Waals surface area contributed by atoms with Gasteiger partial charge in [0.25, 0.3) is 0 Å². The van der Waals surface area contributed by atoms with Crippen molar-refractivity contribution in [1.82, 2.24) is 5.32 Å². The fraction of sp³-hybridized carbons (Fsp3) is 0.933. The summed E-state index contributed by atoms with van der Waals surface area (Å²) in [7, 11) is 1.58. The number of aliphatic hydroxyl groups excluding tert-OH is 1. The Labute approximate surface area is 335 Å². The maximum absolute atomic E-state index is 12.8. The van der Waals surface area contributed by atoms with E-state index in [1.54, 1.807) is 6.08 Å². The van der Waals surface area contributed by atoms with Crippen molar-refractivity contribution in [2.45, 2.75) is 231 Å². The highest BCUT2D eigenvalue weighted by Crippen LogP contribution is 2.43. The van der Waals surface area contributed by atoms with Crippen LogP contribution in [0.15, 0.2) is 12.2 Å². The van der Waals surface area contributed by atoms with Crippen LogP contribution in [0.1, 0.15) is 219 Å². The SMILES string of the molecule is CCCCCCCCCCCCCCCCCCCCCCC/C=C/C(O)C(COP(=O)(O)OCC[N+](C)(C)C)NC(=O)CCCCCCCCCCC. The average Bonchev–Trinajstić information content (AvgIpc) is 3.12. The molecule has 322 valence electrons. The molecule has 0 radical (unpaired) electrons. The zero-order valence-corrected chi connectivity index (χ0v) is 37.4. The molecule has 0 bridgehead atoms. The minimum atomic E-state index is -4.33. The highest BCUT2D eigenvalue weighted by molar-refractivity contribution is 7.47. The normalized spacial score (nSPS) is 14.4. The van der Waals surface area contributed by atoms with Crippen molar-refractivity contribution in [2.24, 2.45) is 0 Å². The first-order valence-electron chi connectivity index (χ1n) is 23.1. The zero-order valence-electron chi connectivity index (χ0n) is 36.5. The van der Waals surface area contributed by atoms with Crippen molar-refractivity contribution < 1.29 is 32.9 Å². The summed E-state index contributed by atoms with van der Waals surface area (Å²) in [5.41, 5.74) is 0. The molecule has 8 nitrogen and oxygen atoms in total. The summed E-state index contributed by atoms with van der Waals surface area (Å²) >= 11 is 0. The van der Waals surface area contributed by atoms with Gasteiger partial charge in [0.05, 0.1) is 39.9 Å². The monoisotopic (exact) mass is 788 g/mol. The molecule has 0 heterocycles. The highest BCUT2D eigenvalue weighted by Gasteiger charge is 2.27. The van der Waals surface area contributed by atoms with Gasteiger partial charge in [0, 0.05) is 6.42 Å². The lowest BCUT2D eigenvalue weighted by Gasteiger charge is -2.25.